The molecule has 2 aromatic rings. The molecule has 30 heavy (non-hydrogen) atoms. The van der Waals surface area contributed by atoms with Crippen molar-refractivity contribution < 1.29 is 19.4 Å². The first-order valence-electron chi connectivity index (χ1n) is 10.5. The maximum absolute atomic E-state index is 12.3. The Labute approximate surface area is 175 Å². The van der Waals surface area contributed by atoms with Crippen LogP contribution in [-0.2, 0) is 20.9 Å². The summed E-state index contributed by atoms with van der Waals surface area (Å²) in [6.45, 7) is 3.73. The number of carbonyl (C=O) groups excluding carboxylic acids is 2. The van der Waals surface area contributed by atoms with Gasteiger partial charge in [-0.05, 0) is 43.9 Å². The van der Waals surface area contributed by atoms with Crippen molar-refractivity contribution in [2.75, 3.05) is 26.2 Å². The second kappa shape index (κ2) is 9.11. The fourth-order valence-corrected chi connectivity index (χ4v) is 4.39. The number of fused-ring (bicyclic) bond motifs is 1. The Balaban J connectivity index is 1.26. The van der Waals surface area contributed by atoms with Crippen LogP contribution in [0.15, 0.2) is 18.2 Å². The Morgan fingerprint density at radius 3 is 3.10 bits per heavy atom. The van der Waals surface area contributed by atoms with Crippen molar-refractivity contribution in [3.63, 3.8) is 0 Å². The van der Waals surface area contributed by atoms with Gasteiger partial charge in [0.2, 0.25) is 11.8 Å². The number of rotatable bonds is 6. The molecule has 4 N–H and O–H groups in total. The number of amides is 2. The van der Waals surface area contributed by atoms with Crippen LogP contribution in [0.1, 0.15) is 30.7 Å². The first-order valence-corrected chi connectivity index (χ1v) is 10.5. The van der Waals surface area contributed by atoms with E-state index in [2.05, 4.69) is 20.6 Å². The van der Waals surface area contributed by atoms with Crippen LogP contribution in [0.3, 0.4) is 0 Å². The fraction of sp³-hybridized carbons (Fsp3) is 0.571. The van der Waals surface area contributed by atoms with Gasteiger partial charge in [0.15, 0.2) is 0 Å². The standard InChI is InChI=1S/C21H29N5O4/c1-13-5-6-14-16(9-13)24-18(23-14)11-30-12-20(28)25-15-3-2-4-17(21(15)29)26-8-7-22-19(27)10-26/h5-6,9,15,17,21,29H,2-4,7-8,10-12H2,1H3,(H,22,27)(H,23,24)(H,25,28)/t15-,17-,21-/m1/s1. The van der Waals surface area contributed by atoms with Crippen molar-refractivity contribution in [3.05, 3.63) is 29.6 Å². The molecule has 162 valence electrons. The molecule has 1 aliphatic heterocycles. The number of H-pyrrole nitrogens is 1. The molecule has 1 aromatic carbocycles. The molecule has 1 saturated carbocycles. The van der Waals surface area contributed by atoms with E-state index in [-0.39, 0.29) is 37.1 Å². The lowest BCUT2D eigenvalue weighted by molar-refractivity contribution is -0.131. The van der Waals surface area contributed by atoms with E-state index in [1.165, 1.54) is 0 Å². The number of aryl methyl sites for hydroxylation is 1. The van der Waals surface area contributed by atoms with Crippen LogP contribution in [0, 0.1) is 6.92 Å². The van der Waals surface area contributed by atoms with Gasteiger partial charge in [-0.15, -0.1) is 0 Å². The number of carbonyl (C=O) groups is 2. The number of piperazine rings is 1. The Bertz CT molecular complexity index is 914. The number of benzene rings is 1. The maximum atomic E-state index is 12.3. The molecule has 1 aromatic heterocycles. The van der Waals surface area contributed by atoms with Gasteiger partial charge < -0.3 is 25.5 Å². The van der Waals surface area contributed by atoms with E-state index in [0.717, 1.165) is 29.4 Å². The minimum Gasteiger partial charge on any atom is -0.389 e. The lowest BCUT2D eigenvalue weighted by atomic mass is 9.86. The van der Waals surface area contributed by atoms with Gasteiger partial charge >= 0.3 is 0 Å². The van der Waals surface area contributed by atoms with Crippen molar-refractivity contribution in [2.24, 2.45) is 0 Å². The zero-order valence-electron chi connectivity index (χ0n) is 17.2. The number of imidazole rings is 1. The highest BCUT2D eigenvalue weighted by molar-refractivity contribution is 5.79. The number of nitrogens with zero attached hydrogens (tertiary/aromatic N) is 2. The molecule has 2 fully saturated rings. The first-order chi connectivity index (χ1) is 14.5. The molecule has 9 nitrogen and oxygen atoms in total. The SMILES string of the molecule is Cc1ccc2nc(COCC(=O)N[C@@H]3CCC[C@@H](N4CCNC(=O)C4)[C@@H]3O)[nH]c2c1. The summed E-state index contributed by atoms with van der Waals surface area (Å²) in [5, 5.41) is 16.5. The van der Waals surface area contributed by atoms with Gasteiger partial charge in [-0.3, -0.25) is 14.5 Å². The zero-order valence-corrected chi connectivity index (χ0v) is 17.2. The minimum absolute atomic E-state index is 0.0197. The summed E-state index contributed by atoms with van der Waals surface area (Å²) < 4.78 is 5.52. The van der Waals surface area contributed by atoms with Crippen LogP contribution in [0.2, 0.25) is 0 Å². The Morgan fingerprint density at radius 2 is 2.27 bits per heavy atom. The highest BCUT2D eigenvalue weighted by Crippen LogP contribution is 2.24. The molecule has 0 bridgehead atoms. The molecule has 9 heteroatoms. The highest BCUT2D eigenvalue weighted by atomic mass is 16.5. The molecular weight excluding hydrogens is 386 g/mol. The monoisotopic (exact) mass is 415 g/mol. The lowest BCUT2D eigenvalue weighted by Crippen LogP contribution is -2.61. The van der Waals surface area contributed by atoms with E-state index in [0.29, 0.717) is 31.9 Å². The van der Waals surface area contributed by atoms with Gasteiger partial charge in [0, 0.05) is 19.1 Å². The van der Waals surface area contributed by atoms with Gasteiger partial charge in [-0.25, -0.2) is 4.98 Å². The summed E-state index contributed by atoms with van der Waals surface area (Å²) in [5.41, 5.74) is 2.96. The van der Waals surface area contributed by atoms with Crippen LogP contribution in [0.25, 0.3) is 11.0 Å². The smallest absolute Gasteiger partial charge is 0.246 e. The molecule has 4 rings (SSSR count). The Morgan fingerprint density at radius 1 is 1.40 bits per heavy atom. The number of nitrogens with one attached hydrogen (secondary N) is 3. The molecule has 2 heterocycles. The van der Waals surface area contributed by atoms with Crippen LogP contribution >= 0.6 is 0 Å². The van der Waals surface area contributed by atoms with E-state index in [1.807, 2.05) is 30.0 Å². The molecule has 2 aliphatic rings. The quantitative estimate of drug-likeness (QED) is 0.536. The van der Waals surface area contributed by atoms with Gasteiger partial charge in [0.25, 0.3) is 0 Å². The second-order valence-electron chi connectivity index (χ2n) is 8.18. The third-order valence-corrected chi connectivity index (χ3v) is 5.86. The molecule has 0 unspecified atom stereocenters. The maximum Gasteiger partial charge on any atom is 0.246 e. The van der Waals surface area contributed by atoms with E-state index in [1.54, 1.807) is 0 Å². The predicted octanol–water partition coefficient (Wildman–Crippen LogP) is 0.218. The largest absolute Gasteiger partial charge is 0.389 e. The average Bonchev–Trinajstić information content (AvgIpc) is 3.11. The number of aromatic nitrogens is 2. The second-order valence-corrected chi connectivity index (χ2v) is 8.18. The first kappa shape index (κ1) is 20.8. The predicted molar refractivity (Wildman–Crippen MR) is 111 cm³/mol. The topological polar surface area (TPSA) is 120 Å². The van der Waals surface area contributed by atoms with E-state index in [9.17, 15) is 14.7 Å². The summed E-state index contributed by atoms with van der Waals surface area (Å²) in [4.78, 5) is 33.7. The van der Waals surface area contributed by atoms with Crippen LogP contribution in [-0.4, -0.2) is 76.2 Å². The molecule has 0 spiro atoms. The minimum atomic E-state index is -0.702. The summed E-state index contributed by atoms with van der Waals surface area (Å²) >= 11 is 0. The van der Waals surface area contributed by atoms with Crippen molar-refractivity contribution >= 4 is 22.8 Å². The molecule has 1 saturated heterocycles. The molecule has 2 amide bonds. The van der Waals surface area contributed by atoms with Crippen molar-refractivity contribution in [1.29, 1.82) is 0 Å². The lowest BCUT2D eigenvalue weighted by Gasteiger charge is -2.42. The third kappa shape index (κ3) is 4.80. The molecule has 3 atom stereocenters. The normalized spacial score (nSPS) is 25.3. The van der Waals surface area contributed by atoms with Gasteiger partial charge in [-0.2, -0.15) is 0 Å². The summed E-state index contributed by atoms with van der Waals surface area (Å²) in [7, 11) is 0. The number of aliphatic hydroxyl groups is 1. The molecule has 1 aliphatic carbocycles. The zero-order chi connectivity index (χ0) is 21.1. The number of hydrogen-bond donors (Lipinski definition) is 4. The van der Waals surface area contributed by atoms with E-state index in [4.69, 9.17) is 4.74 Å². The van der Waals surface area contributed by atoms with Gasteiger partial charge in [0.05, 0.1) is 29.7 Å². The molecular formula is C21H29N5O4. The molecule has 0 radical (unpaired) electrons. The van der Waals surface area contributed by atoms with Gasteiger partial charge in [0.1, 0.15) is 19.0 Å². The Kier molecular flexibility index (Phi) is 6.31. The fourth-order valence-electron chi connectivity index (χ4n) is 4.39. The number of aliphatic hydroxyl groups excluding tert-OH is 1. The number of aromatic amines is 1. The van der Waals surface area contributed by atoms with E-state index >= 15 is 0 Å². The third-order valence-electron chi connectivity index (χ3n) is 5.86. The van der Waals surface area contributed by atoms with Crippen molar-refractivity contribution in [1.82, 2.24) is 25.5 Å². The van der Waals surface area contributed by atoms with Crippen LogP contribution < -0.4 is 10.6 Å². The number of ether oxygens (including phenoxy) is 1. The summed E-state index contributed by atoms with van der Waals surface area (Å²) in [6.07, 6.45) is 1.73. The van der Waals surface area contributed by atoms with Crippen molar-refractivity contribution in [2.45, 2.75) is 51.0 Å². The number of hydrogen-bond acceptors (Lipinski definition) is 6. The summed E-state index contributed by atoms with van der Waals surface area (Å²) in [6, 6.07) is 5.52. The van der Waals surface area contributed by atoms with Crippen LogP contribution in [0.5, 0.6) is 0 Å². The highest BCUT2D eigenvalue weighted by Gasteiger charge is 2.37. The summed E-state index contributed by atoms with van der Waals surface area (Å²) in [5.74, 6) is 0.390. The van der Waals surface area contributed by atoms with Gasteiger partial charge in [-0.1, -0.05) is 6.07 Å². The average molecular weight is 415 g/mol. The Hall–Kier alpha value is -2.49. The van der Waals surface area contributed by atoms with E-state index < -0.39 is 6.10 Å². The van der Waals surface area contributed by atoms with Crippen LogP contribution in [0.4, 0.5) is 0 Å². The van der Waals surface area contributed by atoms with Crippen molar-refractivity contribution in [3.8, 4) is 0 Å².